The molecule has 9 heteroatoms. The number of nitrogens with one attached hydrogen (secondary N) is 1. The lowest BCUT2D eigenvalue weighted by Gasteiger charge is -2.26. The van der Waals surface area contributed by atoms with Crippen LogP contribution in [0.1, 0.15) is 83.9 Å². The van der Waals surface area contributed by atoms with E-state index in [4.69, 9.17) is 16.3 Å². The van der Waals surface area contributed by atoms with Gasteiger partial charge in [-0.05, 0) is 83.3 Å². The molecule has 1 heterocycles. The number of nitrogens with zero attached hydrogens (tertiary/aromatic N) is 3. The Bertz CT molecular complexity index is 1890. The lowest BCUT2D eigenvalue weighted by Crippen LogP contribution is -2.30. The average Bonchev–Trinajstić information content (AvgIpc) is 3.42. The highest BCUT2D eigenvalue weighted by Crippen LogP contribution is 2.32. The van der Waals surface area contributed by atoms with Gasteiger partial charge < -0.3 is 15.2 Å². The Morgan fingerprint density at radius 2 is 1.87 bits per heavy atom. The molecule has 6 rings (SSSR count). The number of carboxylic acid groups (broad SMARTS) is 1. The molecule has 2 atom stereocenters. The Hall–Kier alpha value is -4.69. The fourth-order valence-corrected chi connectivity index (χ4v) is 6.03. The van der Waals surface area contributed by atoms with E-state index >= 15 is 0 Å². The third-order valence-electron chi connectivity index (χ3n) is 8.32. The number of rotatable bonds is 8. The van der Waals surface area contributed by atoms with Crippen LogP contribution in [0, 0.1) is 0 Å². The molecule has 1 aromatic heterocycles. The lowest BCUT2D eigenvalue weighted by molar-refractivity contribution is -0.145. The minimum atomic E-state index is -1.19. The minimum absolute atomic E-state index is 0.0198. The SMILES string of the molecule is CC(C)(C)c1cccc(C(Oc2ccc(Cl)c(Cn3nnc4cc(C(=O)NC5CCCc6ccccc65)ccc43)c2)C(=O)O)c1. The van der Waals surface area contributed by atoms with Crippen LogP contribution in [0.2, 0.25) is 5.02 Å². The quantitative estimate of drug-likeness (QED) is 0.186. The van der Waals surface area contributed by atoms with E-state index in [9.17, 15) is 14.7 Å². The topological polar surface area (TPSA) is 106 Å². The standard InChI is InChI=1S/C36H35ClN4O4/c1-36(2,3)26-11-6-10-23(18-26)33(35(43)44)45-27-15-16-29(37)25(19-27)21-41-32-17-14-24(20-31(32)39-40-41)34(42)38-30-13-7-9-22-8-4-5-12-28(22)30/h4-6,8,10-12,14-20,30,33H,7,9,13,21H2,1-3H3,(H,38,42)(H,43,44). The fraction of sp³-hybridized carbons (Fsp3) is 0.278. The maximum atomic E-state index is 13.2. The number of aryl methyl sites for hydroxylation is 1. The van der Waals surface area contributed by atoms with Gasteiger partial charge in [0, 0.05) is 16.1 Å². The third-order valence-corrected chi connectivity index (χ3v) is 8.69. The van der Waals surface area contributed by atoms with Gasteiger partial charge in [0.25, 0.3) is 5.91 Å². The highest BCUT2D eigenvalue weighted by atomic mass is 35.5. The van der Waals surface area contributed by atoms with Crippen molar-refractivity contribution in [2.75, 3.05) is 0 Å². The van der Waals surface area contributed by atoms with Crippen molar-refractivity contribution in [3.05, 3.63) is 123 Å². The first-order valence-electron chi connectivity index (χ1n) is 15.1. The van der Waals surface area contributed by atoms with Gasteiger partial charge in [-0.15, -0.1) is 5.10 Å². The van der Waals surface area contributed by atoms with E-state index in [1.807, 2.05) is 36.4 Å². The molecule has 8 nitrogen and oxygen atoms in total. The number of aromatic nitrogens is 3. The van der Waals surface area contributed by atoms with Crippen molar-refractivity contribution in [1.29, 1.82) is 0 Å². The molecule has 0 aliphatic heterocycles. The van der Waals surface area contributed by atoms with E-state index in [1.165, 1.54) is 11.1 Å². The zero-order chi connectivity index (χ0) is 31.7. The van der Waals surface area contributed by atoms with Gasteiger partial charge in [-0.2, -0.15) is 0 Å². The maximum Gasteiger partial charge on any atom is 0.349 e. The van der Waals surface area contributed by atoms with Crippen LogP contribution in [0.5, 0.6) is 5.75 Å². The van der Waals surface area contributed by atoms with Crippen molar-refractivity contribution in [1.82, 2.24) is 20.3 Å². The molecular weight excluding hydrogens is 588 g/mol. The molecule has 5 aromatic rings. The van der Waals surface area contributed by atoms with Gasteiger partial charge in [0.15, 0.2) is 0 Å². The summed E-state index contributed by atoms with van der Waals surface area (Å²) in [5.74, 6) is -0.870. The lowest BCUT2D eigenvalue weighted by atomic mass is 9.85. The van der Waals surface area contributed by atoms with E-state index in [2.05, 4.69) is 48.5 Å². The van der Waals surface area contributed by atoms with Crippen LogP contribution in [-0.2, 0) is 23.2 Å². The van der Waals surface area contributed by atoms with Gasteiger partial charge in [0.05, 0.1) is 18.1 Å². The molecule has 0 fully saturated rings. The number of hydrogen-bond acceptors (Lipinski definition) is 5. The van der Waals surface area contributed by atoms with Gasteiger partial charge >= 0.3 is 5.97 Å². The molecule has 0 bridgehead atoms. The van der Waals surface area contributed by atoms with Crippen molar-refractivity contribution in [2.45, 2.75) is 64.1 Å². The number of amides is 1. The molecule has 0 radical (unpaired) electrons. The van der Waals surface area contributed by atoms with E-state index < -0.39 is 12.1 Å². The van der Waals surface area contributed by atoms with Crippen LogP contribution >= 0.6 is 11.6 Å². The first-order valence-corrected chi connectivity index (χ1v) is 15.4. The summed E-state index contributed by atoms with van der Waals surface area (Å²) in [6.45, 7) is 6.51. The molecule has 2 N–H and O–H groups in total. The smallest absolute Gasteiger partial charge is 0.349 e. The summed E-state index contributed by atoms with van der Waals surface area (Å²) < 4.78 is 7.71. The number of benzene rings is 4. The summed E-state index contributed by atoms with van der Waals surface area (Å²) in [6.07, 6.45) is 1.77. The van der Waals surface area contributed by atoms with Gasteiger partial charge in [-0.1, -0.05) is 86.1 Å². The Kier molecular flexibility index (Phi) is 8.34. The van der Waals surface area contributed by atoms with Crippen molar-refractivity contribution in [3.8, 4) is 5.75 Å². The molecule has 2 unspecified atom stereocenters. The first-order chi connectivity index (χ1) is 21.6. The largest absolute Gasteiger partial charge is 0.478 e. The number of carboxylic acids is 1. The fourth-order valence-electron chi connectivity index (χ4n) is 5.85. The monoisotopic (exact) mass is 622 g/mol. The predicted octanol–water partition coefficient (Wildman–Crippen LogP) is 7.44. The maximum absolute atomic E-state index is 13.2. The highest BCUT2D eigenvalue weighted by Gasteiger charge is 2.25. The van der Waals surface area contributed by atoms with Crippen LogP contribution in [0.15, 0.2) is 84.9 Å². The molecule has 1 aliphatic rings. The molecule has 1 amide bonds. The van der Waals surface area contributed by atoms with Crippen molar-refractivity contribution in [2.24, 2.45) is 0 Å². The zero-order valence-electron chi connectivity index (χ0n) is 25.5. The highest BCUT2D eigenvalue weighted by molar-refractivity contribution is 6.31. The molecule has 1 aliphatic carbocycles. The van der Waals surface area contributed by atoms with Crippen LogP contribution in [-0.4, -0.2) is 32.0 Å². The summed E-state index contributed by atoms with van der Waals surface area (Å²) in [7, 11) is 0. The minimum Gasteiger partial charge on any atom is -0.478 e. The summed E-state index contributed by atoms with van der Waals surface area (Å²) in [4.78, 5) is 25.5. The van der Waals surface area contributed by atoms with Crippen LogP contribution in [0.25, 0.3) is 11.0 Å². The van der Waals surface area contributed by atoms with Crippen molar-refractivity contribution < 1.29 is 19.4 Å². The number of halogens is 1. The average molecular weight is 623 g/mol. The van der Waals surface area contributed by atoms with E-state index in [0.717, 1.165) is 30.3 Å². The second-order valence-corrected chi connectivity index (χ2v) is 12.9. The zero-order valence-corrected chi connectivity index (χ0v) is 26.2. The summed E-state index contributed by atoms with van der Waals surface area (Å²) in [6, 6.07) is 26.1. The summed E-state index contributed by atoms with van der Waals surface area (Å²) >= 11 is 6.56. The molecular formula is C36H35ClN4O4. The Balaban J connectivity index is 1.20. The number of ether oxygens (including phenoxy) is 1. The number of hydrogen-bond donors (Lipinski definition) is 2. The van der Waals surface area contributed by atoms with Gasteiger partial charge in [0.2, 0.25) is 6.10 Å². The van der Waals surface area contributed by atoms with Crippen LogP contribution < -0.4 is 10.1 Å². The molecule has 0 saturated carbocycles. The summed E-state index contributed by atoms with van der Waals surface area (Å²) in [5, 5.41) is 22.3. The van der Waals surface area contributed by atoms with Gasteiger partial charge in [-0.3, -0.25) is 4.79 Å². The molecule has 0 spiro atoms. The van der Waals surface area contributed by atoms with Gasteiger partial charge in [-0.25, -0.2) is 9.48 Å². The number of fused-ring (bicyclic) bond motifs is 2. The molecule has 230 valence electrons. The molecule has 0 saturated heterocycles. The molecule has 4 aromatic carbocycles. The second kappa shape index (κ2) is 12.4. The van der Waals surface area contributed by atoms with Gasteiger partial charge in [0.1, 0.15) is 11.3 Å². The number of aliphatic carboxylic acids is 1. The van der Waals surface area contributed by atoms with Crippen molar-refractivity contribution >= 4 is 34.5 Å². The van der Waals surface area contributed by atoms with E-state index in [-0.39, 0.29) is 23.9 Å². The first kappa shape index (κ1) is 30.3. The number of carbonyl (C=O) groups is 2. The molecule has 45 heavy (non-hydrogen) atoms. The van der Waals surface area contributed by atoms with Crippen molar-refractivity contribution in [3.63, 3.8) is 0 Å². The summed E-state index contributed by atoms with van der Waals surface area (Å²) in [5.41, 5.74) is 6.42. The van der Waals surface area contributed by atoms with E-state index in [0.29, 0.717) is 33.0 Å². The Morgan fingerprint density at radius 3 is 2.67 bits per heavy atom. The Morgan fingerprint density at radius 1 is 1.04 bits per heavy atom. The normalized spacial score (nSPS) is 15.3. The third kappa shape index (κ3) is 6.56. The second-order valence-electron chi connectivity index (χ2n) is 12.5. The number of carbonyl (C=O) groups excluding carboxylic acids is 1. The van der Waals surface area contributed by atoms with Crippen LogP contribution in [0.3, 0.4) is 0 Å². The predicted molar refractivity (Wildman–Crippen MR) is 174 cm³/mol. The van der Waals surface area contributed by atoms with Crippen LogP contribution in [0.4, 0.5) is 0 Å². The Labute approximate surface area is 267 Å². The van der Waals surface area contributed by atoms with E-state index in [1.54, 1.807) is 41.1 Å².